The molecule has 5 nitrogen and oxygen atoms in total. The standard InChI is InChI=1S/C24H28N4OS/c1-17(2)19-10-8-18(9-11-19)14-15-25-22(29)16-30-24-27-26-23(20-12-13-20)28(24)21-6-4-3-5-7-21/h3-11,17,20H,12-16H2,1-2H3,(H,25,29). The molecule has 1 N–H and O–H groups in total. The Balaban J connectivity index is 1.31. The molecule has 0 unspecified atom stereocenters. The van der Waals surface area contributed by atoms with Crippen LogP contribution in [0.15, 0.2) is 59.8 Å². The molecule has 0 aliphatic heterocycles. The molecular weight excluding hydrogens is 392 g/mol. The van der Waals surface area contributed by atoms with Crippen molar-refractivity contribution in [3.63, 3.8) is 0 Å². The van der Waals surface area contributed by atoms with Gasteiger partial charge in [0.15, 0.2) is 5.16 Å². The van der Waals surface area contributed by atoms with E-state index in [1.165, 1.54) is 22.9 Å². The monoisotopic (exact) mass is 420 g/mol. The number of rotatable bonds is 9. The average molecular weight is 421 g/mol. The van der Waals surface area contributed by atoms with Crippen LogP contribution in [0, 0.1) is 0 Å². The lowest BCUT2D eigenvalue weighted by atomic mass is 10.0. The first kappa shape index (κ1) is 20.7. The van der Waals surface area contributed by atoms with Gasteiger partial charge in [-0.2, -0.15) is 0 Å². The molecule has 156 valence electrons. The summed E-state index contributed by atoms with van der Waals surface area (Å²) >= 11 is 1.44. The third kappa shape index (κ3) is 5.11. The van der Waals surface area contributed by atoms with Crippen LogP contribution < -0.4 is 5.32 Å². The molecule has 0 saturated heterocycles. The first-order chi connectivity index (χ1) is 14.6. The molecule has 1 saturated carbocycles. The van der Waals surface area contributed by atoms with Crippen LogP contribution in [0.5, 0.6) is 0 Å². The van der Waals surface area contributed by atoms with Crippen molar-refractivity contribution in [1.29, 1.82) is 0 Å². The maximum atomic E-state index is 12.4. The maximum absolute atomic E-state index is 12.4. The summed E-state index contributed by atoms with van der Waals surface area (Å²) in [6, 6.07) is 18.8. The van der Waals surface area contributed by atoms with Gasteiger partial charge in [-0.1, -0.05) is 68.1 Å². The Morgan fingerprint density at radius 3 is 2.50 bits per heavy atom. The second-order valence-electron chi connectivity index (χ2n) is 8.07. The van der Waals surface area contributed by atoms with E-state index in [0.29, 0.717) is 24.1 Å². The number of hydrogen-bond donors (Lipinski definition) is 1. The molecule has 2 aromatic carbocycles. The van der Waals surface area contributed by atoms with Gasteiger partial charge in [0, 0.05) is 18.2 Å². The van der Waals surface area contributed by atoms with Gasteiger partial charge < -0.3 is 5.32 Å². The third-order valence-corrected chi connectivity index (χ3v) is 6.26. The van der Waals surface area contributed by atoms with Crippen molar-refractivity contribution in [2.45, 2.75) is 50.1 Å². The Morgan fingerprint density at radius 2 is 1.83 bits per heavy atom. The van der Waals surface area contributed by atoms with E-state index >= 15 is 0 Å². The lowest BCUT2D eigenvalue weighted by Gasteiger charge is -2.10. The van der Waals surface area contributed by atoms with Crippen LogP contribution in [0.25, 0.3) is 5.69 Å². The lowest BCUT2D eigenvalue weighted by Crippen LogP contribution is -2.27. The molecule has 0 spiro atoms. The number of benzene rings is 2. The topological polar surface area (TPSA) is 59.8 Å². The summed E-state index contributed by atoms with van der Waals surface area (Å²) in [4.78, 5) is 12.4. The van der Waals surface area contributed by atoms with Crippen LogP contribution in [0.4, 0.5) is 0 Å². The minimum absolute atomic E-state index is 0.0226. The number of nitrogens with zero attached hydrogens (tertiary/aromatic N) is 3. The molecular formula is C24H28N4OS. The van der Waals surface area contributed by atoms with Gasteiger partial charge >= 0.3 is 0 Å². The fourth-order valence-electron chi connectivity index (χ4n) is 3.40. The van der Waals surface area contributed by atoms with Gasteiger partial charge in [0.05, 0.1) is 5.75 Å². The summed E-state index contributed by atoms with van der Waals surface area (Å²) in [5.41, 5.74) is 3.63. The molecule has 1 heterocycles. The van der Waals surface area contributed by atoms with Crippen LogP contribution >= 0.6 is 11.8 Å². The highest BCUT2D eigenvalue weighted by atomic mass is 32.2. The van der Waals surface area contributed by atoms with Gasteiger partial charge in [-0.05, 0) is 48.4 Å². The third-order valence-electron chi connectivity index (χ3n) is 5.33. The second-order valence-corrected chi connectivity index (χ2v) is 9.01. The molecule has 1 aliphatic rings. The molecule has 30 heavy (non-hydrogen) atoms. The zero-order valence-electron chi connectivity index (χ0n) is 17.5. The summed E-state index contributed by atoms with van der Waals surface area (Å²) in [5.74, 6) is 2.39. The lowest BCUT2D eigenvalue weighted by molar-refractivity contribution is -0.118. The first-order valence-electron chi connectivity index (χ1n) is 10.6. The Kier molecular flexibility index (Phi) is 6.53. The second kappa shape index (κ2) is 9.47. The number of aromatic nitrogens is 3. The highest BCUT2D eigenvalue weighted by Gasteiger charge is 2.31. The fraction of sp³-hybridized carbons (Fsp3) is 0.375. The van der Waals surface area contributed by atoms with Gasteiger partial charge in [-0.3, -0.25) is 9.36 Å². The highest BCUT2D eigenvalue weighted by molar-refractivity contribution is 7.99. The molecule has 1 fully saturated rings. The van der Waals surface area contributed by atoms with Crippen molar-refractivity contribution in [1.82, 2.24) is 20.1 Å². The smallest absolute Gasteiger partial charge is 0.230 e. The van der Waals surface area contributed by atoms with Crippen molar-refractivity contribution >= 4 is 17.7 Å². The zero-order valence-corrected chi connectivity index (χ0v) is 18.4. The number of carbonyl (C=O) groups excluding carboxylic acids is 1. The van der Waals surface area contributed by atoms with E-state index in [2.05, 4.69) is 70.3 Å². The summed E-state index contributed by atoms with van der Waals surface area (Å²) in [6.07, 6.45) is 3.16. The molecule has 4 rings (SSSR count). The van der Waals surface area contributed by atoms with Gasteiger partial charge in [-0.25, -0.2) is 0 Å². The average Bonchev–Trinajstić information content (AvgIpc) is 3.52. The van der Waals surface area contributed by atoms with Crippen LogP contribution in [-0.4, -0.2) is 33.0 Å². The molecule has 6 heteroatoms. The van der Waals surface area contributed by atoms with Gasteiger partial charge in [-0.15, -0.1) is 10.2 Å². The number of amides is 1. The molecule has 0 radical (unpaired) electrons. The summed E-state index contributed by atoms with van der Waals surface area (Å²) in [7, 11) is 0. The number of hydrogen-bond acceptors (Lipinski definition) is 4. The molecule has 0 bridgehead atoms. The minimum Gasteiger partial charge on any atom is -0.355 e. The highest BCUT2D eigenvalue weighted by Crippen LogP contribution is 2.41. The maximum Gasteiger partial charge on any atom is 0.230 e. The van der Waals surface area contributed by atoms with Gasteiger partial charge in [0.1, 0.15) is 5.82 Å². The van der Waals surface area contributed by atoms with Crippen molar-refractivity contribution < 1.29 is 4.79 Å². The molecule has 1 aliphatic carbocycles. The van der Waals surface area contributed by atoms with E-state index in [-0.39, 0.29) is 5.91 Å². The Labute approximate surface area is 182 Å². The van der Waals surface area contributed by atoms with Crippen molar-refractivity contribution in [2.75, 3.05) is 12.3 Å². The van der Waals surface area contributed by atoms with Crippen LogP contribution in [0.1, 0.15) is 55.5 Å². The SMILES string of the molecule is CC(C)c1ccc(CCNC(=O)CSc2nnc(C3CC3)n2-c2ccccc2)cc1. The predicted octanol–water partition coefficient (Wildman–Crippen LogP) is 4.72. The van der Waals surface area contributed by atoms with E-state index < -0.39 is 0 Å². The van der Waals surface area contributed by atoms with Crippen LogP contribution in [0.2, 0.25) is 0 Å². The molecule has 0 atom stereocenters. The Bertz CT molecular complexity index is 978. The largest absolute Gasteiger partial charge is 0.355 e. The number of para-hydroxylation sites is 1. The molecule has 3 aromatic rings. The van der Waals surface area contributed by atoms with Crippen molar-refractivity contribution in [2.24, 2.45) is 0 Å². The summed E-state index contributed by atoms with van der Waals surface area (Å²) in [6.45, 7) is 5.03. The molecule has 1 amide bonds. The normalized spacial score (nSPS) is 13.6. The summed E-state index contributed by atoms with van der Waals surface area (Å²) in [5, 5.41) is 12.6. The van der Waals surface area contributed by atoms with E-state index in [1.54, 1.807) is 0 Å². The van der Waals surface area contributed by atoms with Crippen molar-refractivity contribution in [3.05, 3.63) is 71.5 Å². The van der Waals surface area contributed by atoms with E-state index in [9.17, 15) is 4.79 Å². The quantitative estimate of drug-likeness (QED) is 0.509. The first-order valence-corrected chi connectivity index (χ1v) is 11.6. The Hall–Kier alpha value is -2.60. The van der Waals surface area contributed by atoms with E-state index in [0.717, 1.165) is 35.9 Å². The zero-order chi connectivity index (χ0) is 20.9. The van der Waals surface area contributed by atoms with Gasteiger partial charge in [0.2, 0.25) is 5.91 Å². The van der Waals surface area contributed by atoms with Crippen molar-refractivity contribution in [3.8, 4) is 5.69 Å². The number of nitrogens with one attached hydrogen (secondary N) is 1. The summed E-state index contributed by atoms with van der Waals surface area (Å²) < 4.78 is 2.10. The predicted molar refractivity (Wildman–Crippen MR) is 121 cm³/mol. The number of carbonyl (C=O) groups is 1. The van der Waals surface area contributed by atoms with Crippen LogP contribution in [0.3, 0.4) is 0 Å². The minimum atomic E-state index is 0.0226. The Morgan fingerprint density at radius 1 is 1.10 bits per heavy atom. The number of thioether (sulfide) groups is 1. The van der Waals surface area contributed by atoms with E-state index in [4.69, 9.17) is 0 Å². The van der Waals surface area contributed by atoms with Gasteiger partial charge in [0.25, 0.3) is 0 Å². The fourth-order valence-corrected chi connectivity index (χ4v) is 4.19. The molecule has 1 aromatic heterocycles. The van der Waals surface area contributed by atoms with E-state index in [1.807, 2.05) is 18.2 Å². The van der Waals surface area contributed by atoms with Crippen LogP contribution in [-0.2, 0) is 11.2 Å².